The van der Waals surface area contributed by atoms with E-state index in [1.807, 2.05) is 45.0 Å². The molecule has 0 aliphatic carbocycles. The first-order valence-electron chi connectivity index (χ1n) is 7.80. The molecule has 2 rings (SSSR count). The largest absolute Gasteiger partial charge is 0.493 e. The van der Waals surface area contributed by atoms with Crippen LogP contribution in [0.1, 0.15) is 38.8 Å². The van der Waals surface area contributed by atoms with E-state index in [-0.39, 0.29) is 18.6 Å². The fourth-order valence-electron chi connectivity index (χ4n) is 2.39. The van der Waals surface area contributed by atoms with Crippen molar-refractivity contribution in [3.05, 3.63) is 29.8 Å². The molecule has 1 aromatic carbocycles. The molecule has 23 heavy (non-hydrogen) atoms. The first-order chi connectivity index (χ1) is 10.9. The Balaban J connectivity index is 1.92. The number of guanidine groups is 1. The second kappa shape index (κ2) is 7.35. The van der Waals surface area contributed by atoms with Crippen LogP contribution in [0, 0.1) is 0 Å². The molecule has 2 N–H and O–H groups in total. The standard InChI is InChI=1S/C17H25N3O3/c1-17(2,3)23-15(21)11-19-16(18-4)20-13-9-10-22-14-8-6-5-7-12(13)14/h5-8,13H,9-11H2,1-4H3,(H2,18,19,20). The number of carbonyl (C=O) groups excluding carboxylic acids is 1. The molecule has 0 radical (unpaired) electrons. The minimum Gasteiger partial charge on any atom is -0.493 e. The van der Waals surface area contributed by atoms with Crippen molar-refractivity contribution in [3.63, 3.8) is 0 Å². The summed E-state index contributed by atoms with van der Waals surface area (Å²) in [6.07, 6.45) is 0.837. The smallest absolute Gasteiger partial charge is 0.325 e. The van der Waals surface area contributed by atoms with Crippen molar-refractivity contribution in [2.45, 2.75) is 38.8 Å². The summed E-state index contributed by atoms with van der Waals surface area (Å²) in [5.74, 6) is 1.14. The van der Waals surface area contributed by atoms with Crippen LogP contribution in [-0.4, -0.2) is 37.7 Å². The van der Waals surface area contributed by atoms with E-state index in [0.29, 0.717) is 12.6 Å². The van der Waals surface area contributed by atoms with Crippen LogP contribution in [0.2, 0.25) is 0 Å². The average Bonchev–Trinajstić information content (AvgIpc) is 2.50. The van der Waals surface area contributed by atoms with E-state index in [9.17, 15) is 4.79 Å². The van der Waals surface area contributed by atoms with Gasteiger partial charge in [-0.1, -0.05) is 18.2 Å². The fourth-order valence-corrected chi connectivity index (χ4v) is 2.39. The molecule has 0 bridgehead atoms. The van der Waals surface area contributed by atoms with Gasteiger partial charge in [0.15, 0.2) is 5.96 Å². The van der Waals surface area contributed by atoms with Gasteiger partial charge in [0.05, 0.1) is 12.6 Å². The molecule has 6 nitrogen and oxygen atoms in total. The summed E-state index contributed by atoms with van der Waals surface area (Å²) in [6.45, 7) is 6.25. The van der Waals surface area contributed by atoms with E-state index < -0.39 is 5.60 Å². The number of aliphatic imine (C=N–C) groups is 1. The molecule has 0 amide bonds. The van der Waals surface area contributed by atoms with E-state index in [2.05, 4.69) is 15.6 Å². The number of rotatable bonds is 3. The maximum absolute atomic E-state index is 11.8. The molecule has 0 aromatic heterocycles. The summed E-state index contributed by atoms with van der Waals surface area (Å²) in [5, 5.41) is 6.32. The Morgan fingerprint density at radius 2 is 2.13 bits per heavy atom. The zero-order valence-corrected chi connectivity index (χ0v) is 14.2. The zero-order valence-electron chi connectivity index (χ0n) is 14.2. The lowest BCUT2D eigenvalue weighted by atomic mass is 10.0. The Kier molecular flexibility index (Phi) is 5.47. The number of nitrogens with zero attached hydrogens (tertiary/aromatic N) is 1. The van der Waals surface area contributed by atoms with Gasteiger partial charge in [-0.3, -0.25) is 9.79 Å². The molecule has 0 spiro atoms. The average molecular weight is 319 g/mol. The molecule has 1 atom stereocenters. The van der Waals surface area contributed by atoms with E-state index in [0.717, 1.165) is 17.7 Å². The van der Waals surface area contributed by atoms with E-state index in [4.69, 9.17) is 9.47 Å². The van der Waals surface area contributed by atoms with Crippen molar-refractivity contribution in [1.29, 1.82) is 0 Å². The summed E-state index contributed by atoms with van der Waals surface area (Å²) < 4.78 is 10.9. The van der Waals surface area contributed by atoms with Crippen molar-refractivity contribution >= 4 is 11.9 Å². The lowest BCUT2D eigenvalue weighted by molar-refractivity contribution is -0.153. The highest BCUT2D eigenvalue weighted by Gasteiger charge is 2.22. The zero-order chi connectivity index (χ0) is 16.9. The molecular weight excluding hydrogens is 294 g/mol. The highest BCUT2D eigenvalue weighted by Crippen LogP contribution is 2.31. The second-order valence-corrected chi connectivity index (χ2v) is 6.38. The topological polar surface area (TPSA) is 72.0 Å². The van der Waals surface area contributed by atoms with Crippen molar-refractivity contribution in [2.24, 2.45) is 4.99 Å². The molecule has 1 heterocycles. The molecule has 1 unspecified atom stereocenters. The molecule has 1 aliphatic heterocycles. The fraction of sp³-hybridized carbons (Fsp3) is 0.529. The summed E-state index contributed by atoms with van der Waals surface area (Å²) in [5.41, 5.74) is 0.606. The molecule has 1 aromatic rings. The molecule has 126 valence electrons. The first kappa shape index (κ1) is 17.1. The van der Waals surface area contributed by atoms with Gasteiger partial charge < -0.3 is 20.1 Å². The number of para-hydroxylation sites is 1. The van der Waals surface area contributed by atoms with E-state index in [1.165, 1.54) is 0 Å². The predicted octanol–water partition coefficient (Wildman–Crippen LogP) is 2.02. The summed E-state index contributed by atoms with van der Waals surface area (Å²) in [6, 6.07) is 8.04. The summed E-state index contributed by atoms with van der Waals surface area (Å²) in [4.78, 5) is 16.0. The lowest BCUT2D eigenvalue weighted by Crippen LogP contribution is -2.44. The highest BCUT2D eigenvalue weighted by molar-refractivity contribution is 5.84. The van der Waals surface area contributed by atoms with Crippen LogP contribution in [0.4, 0.5) is 0 Å². The van der Waals surface area contributed by atoms with Crippen LogP contribution in [-0.2, 0) is 9.53 Å². The third kappa shape index (κ3) is 5.16. The molecule has 1 aliphatic rings. The van der Waals surface area contributed by atoms with Gasteiger partial charge in [0.25, 0.3) is 0 Å². The maximum Gasteiger partial charge on any atom is 0.325 e. The summed E-state index contributed by atoms with van der Waals surface area (Å²) >= 11 is 0. The Hall–Kier alpha value is -2.24. The minimum atomic E-state index is -0.491. The number of carbonyl (C=O) groups is 1. The molecule has 0 fully saturated rings. The first-order valence-corrected chi connectivity index (χ1v) is 7.80. The quantitative estimate of drug-likeness (QED) is 0.507. The number of hydrogen-bond donors (Lipinski definition) is 2. The van der Waals surface area contributed by atoms with Gasteiger partial charge in [-0.2, -0.15) is 0 Å². The van der Waals surface area contributed by atoms with E-state index in [1.54, 1.807) is 7.05 Å². The van der Waals surface area contributed by atoms with Crippen LogP contribution in [0.5, 0.6) is 5.75 Å². The highest BCUT2D eigenvalue weighted by atomic mass is 16.6. The Labute approximate surface area is 137 Å². The molecular formula is C17H25N3O3. The number of esters is 1. The number of fused-ring (bicyclic) bond motifs is 1. The normalized spacial score (nSPS) is 17.7. The van der Waals surface area contributed by atoms with Crippen LogP contribution >= 0.6 is 0 Å². The van der Waals surface area contributed by atoms with Crippen LogP contribution in [0.15, 0.2) is 29.3 Å². The van der Waals surface area contributed by atoms with Crippen LogP contribution in [0.25, 0.3) is 0 Å². The van der Waals surface area contributed by atoms with Gasteiger partial charge in [-0.05, 0) is 26.8 Å². The van der Waals surface area contributed by atoms with E-state index >= 15 is 0 Å². The van der Waals surface area contributed by atoms with Crippen molar-refractivity contribution in [2.75, 3.05) is 20.2 Å². The van der Waals surface area contributed by atoms with Gasteiger partial charge in [-0.25, -0.2) is 0 Å². The third-order valence-corrected chi connectivity index (χ3v) is 3.31. The molecule has 0 saturated carbocycles. The number of hydrogen-bond acceptors (Lipinski definition) is 4. The van der Waals surface area contributed by atoms with Crippen LogP contribution < -0.4 is 15.4 Å². The van der Waals surface area contributed by atoms with Gasteiger partial charge in [0.2, 0.25) is 0 Å². The SMILES string of the molecule is CN=C(NCC(=O)OC(C)(C)C)NC1CCOc2ccccc21. The van der Waals surface area contributed by atoms with Gasteiger partial charge in [0, 0.05) is 19.0 Å². The third-order valence-electron chi connectivity index (χ3n) is 3.31. The van der Waals surface area contributed by atoms with Gasteiger partial charge in [0.1, 0.15) is 17.9 Å². The van der Waals surface area contributed by atoms with Crippen molar-refractivity contribution in [3.8, 4) is 5.75 Å². The Bertz CT molecular complexity index is 579. The number of benzene rings is 1. The monoisotopic (exact) mass is 319 g/mol. The molecule has 0 saturated heterocycles. The lowest BCUT2D eigenvalue weighted by Gasteiger charge is -2.28. The Morgan fingerprint density at radius 3 is 2.83 bits per heavy atom. The van der Waals surface area contributed by atoms with Crippen LogP contribution in [0.3, 0.4) is 0 Å². The van der Waals surface area contributed by atoms with Gasteiger partial charge in [-0.15, -0.1) is 0 Å². The second-order valence-electron chi connectivity index (χ2n) is 6.38. The Morgan fingerprint density at radius 1 is 1.39 bits per heavy atom. The predicted molar refractivity (Wildman–Crippen MR) is 89.6 cm³/mol. The summed E-state index contributed by atoms with van der Waals surface area (Å²) in [7, 11) is 1.68. The van der Waals surface area contributed by atoms with Gasteiger partial charge >= 0.3 is 5.97 Å². The van der Waals surface area contributed by atoms with Crippen molar-refractivity contribution < 1.29 is 14.3 Å². The maximum atomic E-state index is 11.8. The number of nitrogens with one attached hydrogen (secondary N) is 2. The van der Waals surface area contributed by atoms with Crippen molar-refractivity contribution in [1.82, 2.24) is 10.6 Å². The number of ether oxygens (including phenoxy) is 2. The minimum absolute atomic E-state index is 0.0712. The molecule has 6 heteroatoms.